The van der Waals surface area contributed by atoms with E-state index in [0.717, 1.165) is 34.2 Å². The van der Waals surface area contributed by atoms with Crippen molar-refractivity contribution in [3.63, 3.8) is 0 Å². The molecule has 3 N–H and O–H groups in total. The van der Waals surface area contributed by atoms with Gasteiger partial charge in [-0.2, -0.15) is 0 Å². The number of aromatic amines is 1. The summed E-state index contributed by atoms with van der Waals surface area (Å²) in [5.41, 5.74) is 3.97. The molecule has 4 aromatic rings. The summed E-state index contributed by atoms with van der Waals surface area (Å²) in [5.74, 6) is -0.622. The van der Waals surface area contributed by atoms with Crippen LogP contribution >= 0.6 is 11.3 Å². The van der Waals surface area contributed by atoms with Crippen LogP contribution in [0.15, 0.2) is 72.6 Å². The minimum Gasteiger partial charge on any atom is -0.361 e. The molecule has 0 aliphatic heterocycles. The third kappa shape index (κ3) is 4.97. The van der Waals surface area contributed by atoms with E-state index < -0.39 is 0 Å². The maximum atomic E-state index is 13.2. The van der Waals surface area contributed by atoms with Gasteiger partial charge in [0.2, 0.25) is 0 Å². The van der Waals surface area contributed by atoms with Crippen LogP contribution in [0.4, 0.5) is 0 Å². The highest BCUT2D eigenvalue weighted by molar-refractivity contribution is 7.12. The molecule has 0 atom stereocenters. The van der Waals surface area contributed by atoms with Crippen LogP contribution < -0.4 is 10.6 Å². The fraction of sp³-hybridized carbons (Fsp3) is 0.214. The molecule has 0 radical (unpaired) electrons. The Kier molecular flexibility index (Phi) is 6.58. The molecular formula is C28H27N3O2S. The Bertz CT molecular complexity index is 1330. The molecule has 0 saturated carbocycles. The predicted molar refractivity (Wildman–Crippen MR) is 138 cm³/mol. The summed E-state index contributed by atoms with van der Waals surface area (Å²) < 4.78 is 0. The van der Waals surface area contributed by atoms with E-state index in [-0.39, 0.29) is 17.5 Å². The number of fused-ring (bicyclic) bond motifs is 2. The van der Waals surface area contributed by atoms with Gasteiger partial charge < -0.3 is 15.6 Å². The van der Waals surface area contributed by atoms with Gasteiger partial charge in [-0.05, 0) is 61.6 Å². The molecule has 0 fully saturated rings. The second-order valence-corrected chi connectivity index (χ2v) is 9.79. The van der Waals surface area contributed by atoms with Crippen molar-refractivity contribution in [1.29, 1.82) is 0 Å². The van der Waals surface area contributed by atoms with Crippen LogP contribution in [0.5, 0.6) is 0 Å². The minimum atomic E-state index is -0.315. The first-order chi connectivity index (χ1) is 16.7. The Morgan fingerprint density at radius 2 is 1.76 bits per heavy atom. The summed E-state index contributed by atoms with van der Waals surface area (Å²) >= 11 is 1.79. The SMILES string of the molecule is O=C(NCc1cc2c(s1)CCCCC2)/C(=C/c1c[nH]c2ccccc12)NC(=O)c1ccccc1. The number of rotatable bonds is 6. The second-order valence-electron chi connectivity index (χ2n) is 8.57. The molecule has 0 bridgehead atoms. The number of thiophene rings is 1. The maximum absolute atomic E-state index is 13.2. The number of aromatic nitrogens is 1. The Morgan fingerprint density at radius 3 is 2.65 bits per heavy atom. The third-order valence-corrected chi connectivity index (χ3v) is 7.41. The fourth-order valence-electron chi connectivity index (χ4n) is 4.39. The number of H-pyrrole nitrogens is 1. The molecular weight excluding hydrogens is 442 g/mol. The van der Waals surface area contributed by atoms with E-state index in [2.05, 4.69) is 21.7 Å². The van der Waals surface area contributed by atoms with Crippen LogP contribution in [0.2, 0.25) is 0 Å². The molecule has 2 aromatic heterocycles. The van der Waals surface area contributed by atoms with Gasteiger partial charge in [0.1, 0.15) is 5.70 Å². The molecule has 1 aliphatic rings. The highest BCUT2D eigenvalue weighted by atomic mass is 32.1. The number of benzene rings is 2. The summed E-state index contributed by atoms with van der Waals surface area (Å²) in [4.78, 5) is 31.9. The average molecular weight is 470 g/mol. The number of carbonyl (C=O) groups is 2. The smallest absolute Gasteiger partial charge is 0.268 e. The lowest BCUT2D eigenvalue weighted by Crippen LogP contribution is -2.34. The van der Waals surface area contributed by atoms with Gasteiger partial charge in [-0.1, -0.05) is 42.8 Å². The van der Waals surface area contributed by atoms with E-state index in [9.17, 15) is 9.59 Å². The summed E-state index contributed by atoms with van der Waals surface area (Å²) in [6.07, 6.45) is 9.60. The Hall–Kier alpha value is -3.64. The minimum absolute atomic E-state index is 0.219. The number of nitrogens with one attached hydrogen (secondary N) is 3. The molecule has 2 aromatic carbocycles. The molecule has 2 heterocycles. The van der Waals surface area contributed by atoms with Crippen LogP contribution in [-0.4, -0.2) is 16.8 Å². The number of carbonyl (C=O) groups excluding carboxylic acids is 2. The zero-order valence-electron chi connectivity index (χ0n) is 18.9. The number of amides is 2. The van der Waals surface area contributed by atoms with Gasteiger partial charge in [-0.3, -0.25) is 9.59 Å². The maximum Gasteiger partial charge on any atom is 0.268 e. The highest BCUT2D eigenvalue weighted by Gasteiger charge is 2.17. The van der Waals surface area contributed by atoms with E-state index >= 15 is 0 Å². The van der Waals surface area contributed by atoms with Gasteiger partial charge in [0, 0.05) is 38.0 Å². The van der Waals surface area contributed by atoms with Crippen molar-refractivity contribution in [3.8, 4) is 0 Å². The first-order valence-electron chi connectivity index (χ1n) is 11.7. The standard InChI is InChI=1S/C28H27N3O2S/c32-27(19-9-3-1-4-10-19)31-25(16-21-17-29-24-13-8-7-12-23(21)24)28(33)30-18-22-15-20-11-5-2-6-14-26(20)34-22/h1,3-4,7-10,12-13,15-17,29H,2,5-6,11,14,18H2,(H,30,33)(H,31,32)/b25-16-. The van der Waals surface area contributed by atoms with E-state index in [1.54, 1.807) is 41.7 Å². The third-order valence-electron chi connectivity index (χ3n) is 6.17. The number of hydrogen-bond acceptors (Lipinski definition) is 3. The topological polar surface area (TPSA) is 74.0 Å². The second kappa shape index (κ2) is 10.1. The number of aryl methyl sites for hydroxylation is 2. The molecule has 1 aliphatic carbocycles. The first kappa shape index (κ1) is 22.2. The van der Waals surface area contributed by atoms with Gasteiger partial charge in [-0.25, -0.2) is 0 Å². The van der Waals surface area contributed by atoms with Gasteiger partial charge in [0.15, 0.2) is 0 Å². The van der Waals surface area contributed by atoms with Crippen LogP contribution in [0.25, 0.3) is 17.0 Å². The van der Waals surface area contributed by atoms with E-state index in [1.807, 2.05) is 36.5 Å². The normalized spacial score (nSPS) is 13.8. The number of para-hydroxylation sites is 1. The van der Waals surface area contributed by atoms with Gasteiger partial charge >= 0.3 is 0 Å². The molecule has 2 amide bonds. The fourth-order valence-corrected chi connectivity index (χ4v) is 5.59. The van der Waals surface area contributed by atoms with Crippen LogP contribution in [-0.2, 0) is 24.2 Å². The molecule has 6 heteroatoms. The van der Waals surface area contributed by atoms with Gasteiger partial charge in [0.25, 0.3) is 11.8 Å². The average Bonchev–Trinajstić information content (AvgIpc) is 3.39. The van der Waals surface area contributed by atoms with E-state index in [1.165, 1.54) is 29.7 Å². The van der Waals surface area contributed by atoms with Crippen LogP contribution in [0, 0.1) is 0 Å². The quantitative estimate of drug-likeness (QED) is 0.255. The Labute approximate surface area is 202 Å². The lowest BCUT2D eigenvalue weighted by molar-refractivity contribution is -0.117. The Morgan fingerprint density at radius 1 is 0.971 bits per heavy atom. The van der Waals surface area contributed by atoms with E-state index in [0.29, 0.717) is 12.1 Å². The van der Waals surface area contributed by atoms with Crippen molar-refractivity contribution >= 4 is 40.1 Å². The largest absolute Gasteiger partial charge is 0.361 e. The van der Waals surface area contributed by atoms with Crippen molar-refractivity contribution in [1.82, 2.24) is 15.6 Å². The molecule has 5 nitrogen and oxygen atoms in total. The molecule has 34 heavy (non-hydrogen) atoms. The van der Waals surface area contributed by atoms with E-state index in [4.69, 9.17) is 0 Å². The summed E-state index contributed by atoms with van der Waals surface area (Å²) in [7, 11) is 0. The van der Waals surface area contributed by atoms with Crippen LogP contribution in [0.1, 0.15) is 50.5 Å². The van der Waals surface area contributed by atoms with Crippen molar-refractivity contribution in [2.24, 2.45) is 0 Å². The molecule has 0 unspecified atom stereocenters. The summed E-state index contributed by atoms with van der Waals surface area (Å²) in [6, 6.07) is 19.0. The Balaban J connectivity index is 1.38. The molecule has 172 valence electrons. The van der Waals surface area contributed by atoms with Crippen molar-refractivity contribution in [2.75, 3.05) is 0 Å². The summed E-state index contributed by atoms with van der Waals surface area (Å²) in [6.45, 7) is 0.447. The van der Waals surface area contributed by atoms with Crippen molar-refractivity contribution in [3.05, 3.63) is 99.0 Å². The monoisotopic (exact) mass is 469 g/mol. The zero-order chi connectivity index (χ0) is 23.3. The van der Waals surface area contributed by atoms with Gasteiger partial charge in [-0.15, -0.1) is 11.3 Å². The predicted octanol–water partition coefficient (Wildman–Crippen LogP) is 5.59. The number of hydrogen-bond donors (Lipinski definition) is 3. The van der Waals surface area contributed by atoms with Gasteiger partial charge in [0.05, 0.1) is 6.54 Å². The highest BCUT2D eigenvalue weighted by Crippen LogP contribution is 2.29. The molecule has 5 rings (SSSR count). The first-order valence-corrected chi connectivity index (χ1v) is 12.5. The lowest BCUT2D eigenvalue weighted by Gasteiger charge is -2.11. The molecule has 0 spiro atoms. The summed E-state index contributed by atoms with van der Waals surface area (Å²) in [5, 5.41) is 6.84. The van der Waals surface area contributed by atoms with Crippen molar-refractivity contribution in [2.45, 2.75) is 38.6 Å². The molecule has 0 saturated heterocycles. The van der Waals surface area contributed by atoms with Crippen molar-refractivity contribution < 1.29 is 9.59 Å². The van der Waals surface area contributed by atoms with Crippen LogP contribution in [0.3, 0.4) is 0 Å². The zero-order valence-corrected chi connectivity index (χ0v) is 19.7. The lowest BCUT2D eigenvalue weighted by atomic mass is 10.1.